The Morgan fingerprint density at radius 3 is 2.33 bits per heavy atom. The summed E-state index contributed by atoms with van der Waals surface area (Å²) in [6.07, 6.45) is 0. The van der Waals surface area contributed by atoms with E-state index in [0.29, 0.717) is 6.61 Å². The van der Waals surface area contributed by atoms with Crippen LogP contribution in [0.1, 0.15) is 12.5 Å². The highest BCUT2D eigenvalue weighted by Crippen LogP contribution is 2.19. The number of rotatable bonds is 8. The first-order valence-corrected chi connectivity index (χ1v) is 7.33. The molecule has 2 rings (SSSR count). The average Bonchev–Trinajstić information content (AvgIpc) is 2.52. The van der Waals surface area contributed by atoms with Crippen molar-refractivity contribution in [2.45, 2.75) is 13.5 Å². The molecule has 2 aromatic rings. The van der Waals surface area contributed by atoms with E-state index in [0.717, 1.165) is 25.3 Å². The molecule has 0 aliphatic heterocycles. The predicted molar refractivity (Wildman–Crippen MR) is 89.2 cm³/mol. The van der Waals surface area contributed by atoms with E-state index >= 15 is 0 Å². The SMILES string of the molecule is C=C(C)COCCNCc1ccc(-c2ccccc2)cc1. The first-order chi connectivity index (χ1) is 10.3. The summed E-state index contributed by atoms with van der Waals surface area (Å²) in [7, 11) is 0. The molecule has 0 radical (unpaired) electrons. The first kappa shape index (κ1) is 15.5. The largest absolute Gasteiger partial charge is 0.376 e. The van der Waals surface area contributed by atoms with E-state index < -0.39 is 0 Å². The summed E-state index contributed by atoms with van der Waals surface area (Å²) < 4.78 is 5.45. The second-order valence-corrected chi connectivity index (χ2v) is 5.25. The molecule has 0 saturated carbocycles. The Labute approximate surface area is 127 Å². The van der Waals surface area contributed by atoms with Crippen LogP contribution in [0, 0.1) is 0 Å². The minimum absolute atomic E-state index is 0.646. The second-order valence-electron chi connectivity index (χ2n) is 5.25. The molecule has 0 aromatic heterocycles. The van der Waals surface area contributed by atoms with Crippen LogP contribution in [0.5, 0.6) is 0 Å². The molecule has 0 aliphatic rings. The molecule has 0 aliphatic carbocycles. The van der Waals surface area contributed by atoms with Crippen molar-refractivity contribution < 1.29 is 4.74 Å². The van der Waals surface area contributed by atoms with Gasteiger partial charge in [0.2, 0.25) is 0 Å². The fraction of sp³-hybridized carbons (Fsp3) is 0.263. The summed E-state index contributed by atoms with van der Waals surface area (Å²) in [5, 5.41) is 3.38. The third-order valence-electron chi connectivity index (χ3n) is 3.16. The Kier molecular flexibility index (Phi) is 6.20. The van der Waals surface area contributed by atoms with Crippen LogP contribution in [0.25, 0.3) is 11.1 Å². The lowest BCUT2D eigenvalue weighted by atomic mass is 10.0. The Morgan fingerprint density at radius 2 is 1.67 bits per heavy atom. The van der Waals surface area contributed by atoms with Gasteiger partial charge in [0, 0.05) is 13.1 Å². The summed E-state index contributed by atoms with van der Waals surface area (Å²) in [5.41, 5.74) is 4.86. The van der Waals surface area contributed by atoms with E-state index in [-0.39, 0.29) is 0 Å². The maximum absolute atomic E-state index is 5.45. The monoisotopic (exact) mass is 281 g/mol. The van der Waals surface area contributed by atoms with Crippen molar-refractivity contribution in [3.63, 3.8) is 0 Å². The van der Waals surface area contributed by atoms with Crippen molar-refractivity contribution in [3.05, 3.63) is 72.3 Å². The topological polar surface area (TPSA) is 21.3 Å². The maximum Gasteiger partial charge on any atom is 0.0672 e. The second kappa shape index (κ2) is 8.40. The summed E-state index contributed by atoms with van der Waals surface area (Å²) in [4.78, 5) is 0. The normalized spacial score (nSPS) is 10.5. The van der Waals surface area contributed by atoms with Crippen molar-refractivity contribution >= 4 is 0 Å². The van der Waals surface area contributed by atoms with Gasteiger partial charge in [0.15, 0.2) is 0 Å². The van der Waals surface area contributed by atoms with Crippen molar-refractivity contribution in [1.29, 1.82) is 0 Å². The summed E-state index contributed by atoms with van der Waals surface area (Å²) in [5.74, 6) is 0. The van der Waals surface area contributed by atoms with Gasteiger partial charge in [-0.15, -0.1) is 0 Å². The van der Waals surface area contributed by atoms with Gasteiger partial charge in [-0.2, -0.15) is 0 Å². The summed E-state index contributed by atoms with van der Waals surface area (Å²) in [6.45, 7) is 8.87. The lowest BCUT2D eigenvalue weighted by Gasteiger charge is -2.07. The molecule has 2 heteroatoms. The van der Waals surface area contributed by atoms with E-state index in [9.17, 15) is 0 Å². The molecule has 0 fully saturated rings. The van der Waals surface area contributed by atoms with Crippen molar-refractivity contribution in [1.82, 2.24) is 5.32 Å². The highest BCUT2D eigenvalue weighted by Gasteiger charge is 1.97. The maximum atomic E-state index is 5.45. The molecule has 110 valence electrons. The molecule has 0 atom stereocenters. The average molecular weight is 281 g/mol. The molecule has 1 N–H and O–H groups in total. The molecule has 0 spiro atoms. The van der Waals surface area contributed by atoms with Crippen molar-refractivity contribution in [3.8, 4) is 11.1 Å². The van der Waals surface area contributed by atoms with Gasteiger partial charge < -0.3 is 10.1 Å². The molecule has 0 amide bonds. The molecule has 0 heterocycles. The number of benzene rings is 2. The third-order valence-corrected chi connectivity index (χ3v) is 3.16. The molecule has 21 heavy (non-hydrogen) atoms. The van der Waals surface area contributed by atoms with Crippen LogP contribution in [0.2, 0.25) is 0 Å². The van der Waals surface area contributed by atoms with Crippen LogP contribution >= 0.6 is 0 Å². The predicted octanol–water partition coefficient (Wildman–Crippen LogP) is 4.04. The Bertz CT molecular complexity index is 546. The van der Waals surface area contributed by atoms with Crippen LogP contribution < -0.4 is 5.32 Å². The van der Waals surface area contributed by atoms with Gasteiger partial charge in [-0.05, 0) is 23.6 Å². The van der Waals surface area contributed by atoms with Gasteiger partial charge in [-0.25, -0.2) is 0 Å². The van der Waals surface area contributed by atoms with Crippen molar-refractivity contribution in [2.24, 2.45) is 0 Å². The van der Waals surface area contributed by atoms with Gasteiger partial charge in [0.25, 0.3) is 0 Å². The zero-order valence-corrected chi connectivity index (χ0v) is 12.6. The fourth-order valence-electron chi connectivity index (χ4n) is 2.07. The molecular formula is C19H23NO. The molecule has 2 aromatic carbocycles. The lowest BCUT2D eigenvalue weighted by Crippen LogP contribution is -2.19. The van der Waals surface area contributed by atoms with Gasteiger partial charge in [0.05, 0.1) is 13.2 Å². The Balaban J connectivity index is 1.74. The molecule has 2 nitrogen and oxygen atoms in total. The van der Waals surface area contributed by atoms with Crippen molar-refractivity contribution in [2.75, 3.05) is 19.8 Å². The fourth-order valence-corrected chi connectivity index (χ4v) is 2.07. The van der Waals surface area contributed by atoms with Gasteiger partial charge in [0.1, 0.15) is 0 Å². The minimum atomic E-state index is 0.646. The number of hydrogen-bond acceptors (Lipinski definition) is 2. The smallest absolute Gasteiger partial charge is 0.0672 e. The first-order valence-electron chi connectivity index (χ1n) is 7.33. The van der Waals surface area contributed by atoms with Crippen LogP contribution in [0.15, 0.2) is 66.7 Å². The number of ether oxygens (including phenoxy) is 1. The zero-order chi connectivity index (χ0) is 14.9. The molecule has 0 unspecified atom stereocenters. The third kappa shape index (κ3) is 5.54. The van der Waals surface area contributed by atoms with Crippen LogP contribution in [0.3, 0.4) is 0 Å². The standard InChI is InChI=1S/C19H23NO/c1-16(2)15-21-13-12-20-14-17-8-10-19(11-9-17)18-6-4-3-5-7-18/h3-11,20H,1,12-15H2,2H3. The van der Waals surface area contributed by atoms with E-state index in [4.69, 9.17) is 4.74 Å². The van der Waals surface area contributed by atoms with Gasteiger partial charge >= 0.3 is 0 Å². The van der Waals surface area contributed by atoms with E-state index in [1.807, 2.05) is 13.0 Å². The number of hydrogen-bond donors (Lipinski definition) is 1. The van der Waals surface area contributed by atoms with E-state index in [2.05, 4.69) is 60.4 Å². The highest BCUT2D eigenvalue weighted by molar-refractivity contribution is 5.63. The van der Waals surface area contributed by atoms with E-state index in [1.165, 1.54) is 16.7 Å². The highest BCUT2D eigenvalue weighted by atomic mass is 16.5. The van der Waals surface area contributed by atoms with Crippen LogP contribution in [0.4, 0.5) is 0 Å². The lowest BCUT2D eigenvalue weighted by molar-refractivity contribution is 0.158. The molecular weight excluding hydrogens is 258 g/mol. The summed E-state index contributed by atoms with van der Waals surface area (Å²) >= 11 is 0. The van der Waals surface area contributed by atoms with Crippen LogP contribution in [-0.2, 0) is 11.3 Å². The molecule has 0 saturated heterocycles. The minimum Gasteiger partial charge on any atom is -0.376 e. The quantitative estimate of drug-likeness (QED) is 0.582. The Hall–Kier alpha value is -1.90. The Morgan fingerprint density at radius 1 is 1.00 bits per heavy atom. The van der Waals surface area contributed by atoms with E-state index in [1.54, 1.807) is 0 Å². The van der Waals surface area contributed by atoms with Gasteiger partial charge in [-0.3, -0.25) is 0 Å². The molecule has 0 bridgehead atoms. The van der Waals surface area contributed by atoms with Gasteiger partial charge in [-0.1, -0.05) is 66.7 Å². The zero-order valence-electron chi connectivity index (χ0n) is 12.6. The summed E-state index contributed by atoms with van der Waals surface area (Å²) in [6, 6.07) is 19.1. The van der Waals surface area contributed by atoms with Crippen LogP contribution in [-0.4, -0.2) is 19.8 Å². The number of nitrogens with one attached hydrogen (secondary N) is 1.